The monoisotopic (exact) mass is 308 g/mol. The molecule has 0 saturated carbocycles. The van der Waals surface area contributed by atoms with Crippen molar-refractivity contribution in [3.8, 4) is 5.75 Å². The topological polar surface area (TPSA) is 41.6 Å². The third-order valence-electron chi connectivity index (χ3n) is 3.81. The molecule has 1 aliphatic heterocycles. The molecule has 116 valence electrons. The van der Waals surface area contributed by atoms with Gasteiger partial charge in [-0.1, -0.05) is 6.07 Å². The molecule has 1 fully saturated rings. The Morgan fingerprint density at radius 1 is 1.43 bits per heavy atom. The van der Waals surface area contributed by atoms with E-state index in [0.717, 1.165) is 42.0 Å². The lowest BCUT2D eigenvalue weighted by Gasteiger charge is -2.25. The molecule has 4 nitrogen and oxygen atoms in total. The maximum Gasteiger partial charge on any atom is 0.238 e. The van der Waals surface area contributed by atoms with Gasteiger partial charge in [-0.3, -0.25) is 10.1 Å². The number of nitrogens with zero attached hydrogens (tertiary/aromatic N) is 1. The molecule has 0 aromatic heterocycles. The quantitative estimate of drug-likeness (QED) is 0.786. The summed E-state index contributed by atoms with van der Waals surface area (Å²) in [4.78, 5) is 14.0. The van der Waals surface area contributed by atoms with Crippen molar-refractivity contribution in [1.82, 2.24) is 10.2 Å². The molecule has 0 aliphatic carbocycles. The van der Waals surface area contributed by atoms with Gasteiger partial charge in [0.05, 0.1) is 13.7 Å². The van der Waals surface area contributed by atoms with Crippen LogP contribution in [-0.4, -0.2) is 43.0 Å². The third-order valence-corrected chi connectivity index (χ3v) is 4.51. The normalized spacial score (nSPS) is 18.3. The standard InChI is InChI=1S/C16H24N2O2S/c1-12-10-13(6-7-14(12)20-2)16-17-11-15(19)18(16)8-4-5-9-21-3/h6-7,10,16-17H,4-5,8-9,11H2,1-3H3. The summed E-state index contributed by atoms with van der Waals surface area (Å²) >= 11 is 1.86. The molecule has 21 heavy (non-hydrogen) atoms. The first-order valence-electron chi connectivity index (χ1n) is 7.33. The molecular weight excluding hydrogens is 284 g/mol. The average Bonchev–Trinajstić information content (AvgIpc) is 2.85. The van der Waals surface area contributed by atoms with E-state index in [1.807, 2.05) is 35.7 Å². The summed E-state index contributed by atoms with van der Waals surface area (Å²) in [5.74, 6) is 2.23. The fourth-order valence-corrected chi connectivity index (χ4v) is 3.18. The highest BCUT2D eigenvalue weighted by Gasteiger charge is 2.31. The predicted octanol–water partition coefficient (Wildman–Crippen LogP) is 2.58. The van der Waals surface area contributed by atoms with E-state index in [1.54, 1.807) is 7.11 Å². The number of benzene rings is 1. The van der Waals surface area contributed by atoms with Crippen LogP contribution in [0.25, 0.3) is 0 Å². The minimum Gasteiger partial charge on any atom is -0.496 e. The number of aryl methyl sites for hydroxylation is 1. The van der Waals surface area contributed by atoms with E-state index in [9.17, 15) is 4.79 Å². The van der Waals surface area contributed by atoms with Gasteiger partial charge in [0, 0.05) is 6.54 Å². The Morgan fingerprint density at radius 2 is 2.24 bits per heavy atom. The first-order chi connectivity index (χ1) is 10.2. The minimum atomic E-state index is -0.00335. The Balaban J connectivity index is 2.06. The van der Waals surface area contributed by atoms with Crippen LogP contribution in [0.3, 0.4) is 0 Å². The maximum absolute atomic E-state index is 12.1. The molecular formula is C16H24N2O2S. The molecule has 1 aromatic carbocycles. The summed E-state index contributed by atoms with van der Waals surface area (Å²) in [6.07, 6.45) is 4.32. The molecule has 1 atom stereocenters. The molecule has 0 spiro atoms. The fourth-order valence-electron chi connectivity index (χ4n) is 2.69. The Kier molecular flexibility index (Phi) is 5.94. The van der Waals surface area contributed by atoms with Crippen LogP contribution >= 0.6 is 11.8 Å². The Hall–Kier alpha value is -1.20. The number of thioether (sulfide) groups is 1. The molecule has 1 aromatic rings. The van der Waals surface area contributed by atoms with E-state index in [2.05, 4.69) is 17.6 Å². The van der Waals surface area contributed by atoms with E-state index >= 15 is 0 Å². The van der Waals surface area contributed by atoms with Gasteiger partial charge in [0.2, 0.25) is 5.91 Å². The second-order valence-corrected chi connectivity index (χ2v) is 6.29. The van der Waals surface area contributed by atoms with Gasteiger partial charge in [0.15, 0.2) is 0 Å². The highest BCUT2D eigenvalue weighted by atomic mass is 32.2. The molecule has 1 saturated heterocycles. The number of hydrogen-bond donors (Lipinski definition) is 1. The summed E-state index contributed by atoms with van der Waals surface area (Å²) in [6.45, 7) is 3.28. The van der Waals surface area contributed by atoms with Gasteiger partial charge < -0.3 is 9.64 Å². The predicted molar refractivity (Wildman–Crippen MR) is 87.8 cm³/mol. The number of carbonyl (C=O) groups excluding carboxylic acids is 1. The number of hydrogen-bond acceptors (Lipinski definition) is 4. The number of carbonyl (C=O) groups is 1. The van der Waals surface area contributed by atoms with Crippen LogP contribution in [0, 0.1) is 6.92 Å². The first-order valence-corrected chi connectivity index (χ1v) is 8.73. The number of unbranched alkanes of at least 4 members (excludes halogenated alkanes) is 1. The zero-order valence-corrected chi connectivity index (χ0v) is 13.8. The number of amides is 1. The summed E-state index contributed by atoms with van der Waals surface area (Å²) < 4.78 is 5.30. The van der Waals surface area contributed by atoms with E-state index in [0.29, 0.717) is 6.54 Å². The molecule has 2 rings (SSSR count). The lowest BCUT2D eigenvalue weighted by atomic mass is 10.1. The van der Waals surface area contributed by atoms with Crippen molar-refractivity contribution in [2.45, 2.75) is 25.9 Å². The highest BCUT2D eigenvalue weighted by molar-refractivity contribution is 7.98. The van der Waals surface area contributed by atoms with Crippen molar-refractivity contribution in [2.24, 2.45) is 0 Å². The van der Waals surface area contributed by atoms with Crippen molar-refractivity contribution in [3.63, 3.8) is 0 Å². The molecule has 0 radical (unpaired) electrons. The van der Waals surface area contributed by atoms with Crippen LogP contribution in [0.2, 0.25) is 0 Å². The highest BCUT2D eigenvalue weighted by Crippen LogP contribution is 2.27. The lowest BCUT2D eigenvalue weighted by Crippen LogP contribution is -2.31. The van der Waals surface area contributed by atoms with Crippen LogP contribution in [0.4, 0.5) is 0 Å². The zero-order valence-electron chi connectivity index (χ0n) is 13.0. The molecule has 1 unspecified atom stereocenters. The Morgan fingerprint density at radius 3 is 2.90 bits per heavy atom. The number of nitrogens with one attached hydrogen (secondary N) is 1. The Bertz CT molecular complexity index is 493. The van der Waals surface area contributed by atoms with Crippen LogP contribution in [-0.2, 0) is 4.79 Å². The van der Waals surface area contributed by atoms with E-state index in [4.69, 9.17) is 4.74 Å². The maximum atomic E-state index is 12.1. The summed E-state index contributed by atoms with van der Waals surface area (Å²) in [5, 5.41) is 3.31. The zero-order chi connectivity index (χ0) is 15.2. The SMILES string of the molecule is COc1ccc(C2NCC(=O)N2CCCCSC)cc1C. The van der Waals surface area contributed by atoms with Gasteiger partial charge in [-0.25, -0.2) is 0 Å². The lowest BCUT2D eigenvalue weighted by molar-refractivity contribution is -0.128. The molecule has 1 N–H and O–H groups in total. The average molecular weight is 308 g/mol. The molecule has 5 heteroatoms. The van der Waals surface area contributed by atoms with Gasteiger partial charge in [-0.05, 0) is 55.0 Å². The van der Waals surface area contributed by atoms with Gasteiger partial charge in [-0.2, -0.15) is 11.8 Å². The Labute approximate surface area is 131 Å². The van der Waals surface area contributed by atoms with E-state index < -0.39 is 0 Å². The first kappa shape index (κ1) is 16.2. The number of ether oxygens (including phenoxy) is 1. The molecule has 0 bridgehead atoms. The van der Waals surface area contributed by atoms with Crippen molar-refractivity contribution in [3.05, 3.63) is 29.3 Å². The molecule has 1 aliphatic rings. The summed E-state index contributed by atoms with van der Waals surface area (Å²) in [6, 6.07) is 6.11. The van der Waals surface area contributed by atoms with Gasteiger partial charge >= 0.3 is 0 Å². The minimum absolute atomic E-state index is 0.00335. The smallest absolute Gasteiger partial charge is 0.238 e. The van der Waals surface area contributed by atoms with Crippen molar-refractivity contribution >= 4 is 17.7 Å². The summed E-state index contributed by atoms with van der Waals surface area (Å²) in [5.41, 5.74) is 2.22. The molecule has 1 amide bonds. The number of methoxy groups -OCH3 is 1. The second kappa shape index (κ2) is 7.71. The van der Waals surface area contributed by atoms with Crippen molar-refractivity contribution < 1.29 is 9.53 Å². The second-order valence-electron chi connectivity index (χ2n) is 5.30. The van der Waals surface area contributed by atoms with Crippen LogP contribution in [0.1, 0.15) is 30.1 Å². The van der Waals surface area contributed by atoms with E-state index in [1.165, 1.54) is 0 Å². The largest absolute Gasteiger partial charge is 0.496 e. The van der Waals surface area contributed by atoms with Crippen molar-refractivity contribution in [2.75, 3.05) is 32.2 Å². The van der Waals surface area contributed by atoms with E-state index in [-0.39, 0.29) is 12.1 Å². The fraction of sp³-hybridized carbons (Fsp3) is 0.562. The van der Waals surface area contributed by atoms with Gasteiger partial charge in [0.25, 0.3) is 0 Å². The number of rotatable bonds is 7. The van der Waals surface area contributed by atoms with Crippen LogP contribution in [0.15, 0.2) is 18.2 Å². The third kappa shape index (κ3) is 3.92. The van der Waals surface area contributed by atoms with Gasteiger partial charge in [-0.15, -0.1) is 0 Å². The molecule has 1 heterocycles. The summed E-state index contributed by atoms with van der Waals surface area (Å²) in [7, 11) is 1.68. The van der Waals surface area contributed by atoms with Crippen molar-refractivity contribution in [1.29, 1.82) is 0 Å². The van der Waals surface area contributed by atoms with Gasteiger partial charge in [0.1, 0.15) is 11.9 Å². The van der Waals surface area contributed by atoms with Crippen LogP contribution < -0.4 is 10.1 Å². The van der Waals surface area contributed by atoms with Crippen LogP contribution in [0.5, 0.6) is 5.75 Å².